The normalized spacial score (nSPS) is 13.5. The van der Waals surface area contributed by atoms with Gasteiger partial charge in [-0.05, 0) is 51.8 Å². The molecule has 0 amide bonds. The highest BCUT2D eigenvalue weighted by molar-refractivity contribution is 5.76. The van der Waals surface area contributed by atoms with Gasteiger partial charge in [0, 0.05) is 13.8 Å². The van der Waals surface area contributed by atoms with Crippen molar-refractivity contribution in [3.8, 4) is 11.5 Å². The summed E-state index contributed by atoms with van der Waals surface area (Å²) in [6.45, 7) is 8.90. The predicted molar refractivity (Wildman–Crippen MR) is 108 cm³/mol. The van der Waals surface area contributed by atoms with Gasteiger partial charge in [-0.15, -0.1) is 0 Å². The van der Waals surface area contributed by atoms with Crippen molar-refractivity contribution in [2.24, 2.45) is 5.73 Å². The van der Waals surface area contributed by atoms with Crippen LogP contribution in [0.3, 0.4) is 0 Å². The third-order valence-electron chi connectivity index (χ3n) is 3.85. The zero-order valence-electron chi connectivity index (χ0n) is 18.5. The summed E-state index contributed by atoms with van der Waals surface area (Å²) in [6.07, 6.45) is -2.65. The van der Waals surface area contributed by atoms with Crippen molar-refractivity contribution in [2.75, 3.05) is 0 Å². The van der Waals surface area contributed by atoms with Crippen LogP contribution in [0, 0.1) is 0 Å². The Bertz CT molecular complexity index is 806. The molecule has 172 valence electrons. The summed E-state index contributed by atoms with van der Waals surface area (Å²) in [5, 5.41) is 0. The number of hydrogen-bond acceptors (Lipinski definition) is 10. The second kappa shape index (κ2) is 11.9. The molecule has 2 N–H and O–H groups in total. The maximum atomic E-state index is 12.3. The standard InChI is InChI=1S/C21H29NO9/c1-11(2)27-21(26)29-13(4)12(3)28-20(25)17(22)9-16-7-8-18(30-14(5)23)19(10-16)31-15(6)24/h7-8,10-13,17H,9,22H2,1-6H3/t12-,13?,17-/m0/s1. The lowest BCUT2D eigenvalue weighted by Gasteiger charge is -2.22. The van der Waals surface area contributed by atoms with Gasteiger partial charge in [-0.1, -0.05) is 6.07 Å². The van der Waals surface area contributed by atoms with Crippen molar-refractivity contribution in [1.29, 1.82) is 0 Å². The van der Waals surface area contributed by atoms with Gasteiger partial charge in [-0.3, -0.25) is 14.4 Å². The lowest BCUT2D eigenvalue weighted by atomic mass is 10.1. The van der Waals surface area contributed by atoms with Crippen LogP contribution >= 0.6 is 0 Å². The van der Waals surface area contributed by atoms with E-state index in [2.05, 4.69) is 0 Å². The molecule has 1 aromatic rings. The first-order valence-corrected chi connectivity index (χ1v) is 9.72. The molecule has 0 bridgehead atoms. The number of ether oxygens (including phenoxy) is 5. The van der Waals surface area contributed by atoms with E-state index in [1.807, 2.05) is 0 Å². The van der Waals surface area contributed by atoms with Crippen molar-refractivity contribution < 1.29 is 42.9 Å². The van der Waals surface area contributed by atoms with E-state index < -0.39 is 42.3 Å². The van der Waals surface area contributed by atoms with Gasteiger partial charge >= 0.3 is 24.1 Å². The van der Waals surface area contributed by atoms with Gasteiger partial charge < -0.3 is 29.4 Å². The predicted octanol–water partition coefficient (Wildman–Crippen LogP) is 2.29. The molecule has 0 aliphatic carbocycles. The number of hydrogen-bond donors (Lipinski definition) is 1. The SMILES string of the molecule is CC(=O)Oc1ccc(C[C@H](N)C(=O)O[C@@H](C)C(C)OC(=O)OC(C)C)cc1OC(C)=O. The van der Waals surface area contributed by atoms with Gasteiger partial charge in [-0.25, -0.2) is 4.79 Å². The van der Waals surface area contributed by atoms with Crippen LogP contribution in [-0.2, 0) is 35.0 Å². The van der Waals surface area contributed by atoms with E-state index in [1.165, 1.54) is 26.0 Å². The fourth-order valence-corrected chi connectivity index (χ4v) is 2.32. The van der Waals surface area contributed by atoms with Gasteiger partial charge in [0.2, 0.25) is 0 Å². The third-order valence-corrected chi connectivity index (χ3v) is 3.85. The number of esters is 3. The summed E-state index contributed by atoms with van der Waals surface area (Å²) < 4.78 is 25.3. The fraction of sp³-hybridized carbons (Fsp3) is 0.524. The Labute approximate surface area is 180 Å². The molecule has 1 unspecified atom stereocenters. The Morgan fingerprint density at radius 2 is 1.39 bits per heavy atom. The van der Waals surface area contributed by atoms with Crippen LogP contribution in [-0.4, -0.2) is 48.4 Å². The van der Waals surface area contributed by atoms with E-state index in [0.717, 1.165) is 0 Å². The molecule has 0 heterocycles. The average molecular weight is 439 g/mol. The van der Waals surface area contributed by atoms with Crippen LogP contribution in [0.2, 0.25) is 0 Å². The van der Waals surface area contributed by atoms with Gasteiger partial charge in [0.05, 0.1) is 6.10 Å². The van der Waals surface area contributed by atoms with Crippen molar-refractivity contribution in [3.63, 3.8) is 0 Å². The number of carbonyl (C=O) groups is 4. The van der Waals surface area contributed by atoms with Crippen molar-refractivity contribution in [2.45, 2.75) is 72.3 Å². The van der Waals surface area contributed by atoms with E-state index in [0.29, 0.717) is 5.56 Å². The van der Waals surface area contributed by atoms with E-state index in [-0.39, 0.29) is 24.0 Å². The van der Waals surface area contributed by atoms with Crippen LogP contribution in [0.25, 0.3) is 0 Å². The molecule has 0 saturated carbocycles. The number of carbonyl (C=O) groups excluding carboxylic acids is 4. The van der Waals surface area contributed by atoms with Crippen LogP contribution in [0.5, 0.6) is 11.5 Å². The summed E-state index contributed by atoms with van der Waals surface area (Å²) in [6, 6.07) is 3.42. The highest BCUT2D eigenvalue weighted by atomic mass is 16.7. The smallest absolute Gasteiger partial charge is 0.458 e. The zero-order chi connectivity index (χ0) is 23.7. The minimum atomic E-state index is -1.04. The number of rotatable bonds is 9. The summed E-state index contributed by atoms with van der Waals surface area (Å²) >= 11 is 0. The molecular formula is C21H29NO9. The minimum absolute atomic E-state index is 0.0276. The largest absolute Gasteiger partial charge is 0.508 e. The first-order valence-electron chi connectivity index (χ1n) is 9.72. The first kappa shape index (κ1) is 25.9. The second-order valence-corrected chi connectivity index (χ2v) is 7.16. The molecule has 0 aliphatic heterocycles. The summed E-state index contributed by atoms with van der Waals surface area (Å²) in [5.74, 6) is -1.80. The van der Waals surface area contributed by atoms with Crippen LogP contribution in [0.1, 0.15) is 47.1 Å². The summed E-state index contributed by atoms with van der Waals surface area (Å²) in [7, 11) is 0. The molecule has 31 heavy (non-hydrogen) atoms. The monoisotopic (exact) mass is 439 g/mol. The van der Waals surface area contributed by atoms with Gasteiger partial charge in [0.25, 0.3) is 0 Å². The zero-order valence-corrected chi connectivity index (χ0v) is 18.5. The molecular weight excluding hydrogens is 410 g/mol. The topological polar surface area (TPSA) is 140 Å². The van der Waals surface area contributed by atoms with Crippen molar-refractivity contribution in [1.82, 2.24) is 0 Å². The minimum Gasteiger partial charge on any atom is -0.458 e. The molecule has 0 saturated heterocycles. The molecule has 0 aliphatic rings. The van der Waals surface area contributed by atoms with Crippen LogP contribution in [0.4, 0.5) is 4.79 Å². The van der Waals surface area contributed by atoms with Crippen molar-refractivity contribution in [3.05, 3.63) is 23.8 Å². The van der Waals surface area contributed by atoms with E-state index in [1.54, 1.807) is 33.8 Å². The molecule has 0 spiro atoms. The molecule has 3 atom stereocenters. The van der Waals surface area contributed by atoms with Gasteiger partial charge in [0.1, 0.15) is 18.2 Å². The van der Waals surface area contributed by atoms with E-state index in [4.69, 9.17) is 29.4 Å². The Kier molecular flexibility index (Phi) is 9.94. The lowest BCUT2D eigenvalue weighted by molar-refractivity contribution is -0.155. The maximum Gasteiger partial charge on any atom is 0.508 e. The fourth-order valence-electron chi connectivity index (χ4n) is 2.32. The Hall–Kier alpha value is -3.14. The molecule has 10 nitrogen and oxygen atoms in total. The van der Waals surface area contributed by atoms with Gasteiger partial charge in [-0.2, -0.15) is 0 Å². The van der Waals surface area contributed by atoms with Crippen LogP contribution in [0.15, 0.2) is 18.2 Å². The Balaban J connectivity index is 2.75. The Morgan fingerprint density at radius 1 is 0.839 bits per heavy atom. The molecule has 10 heteroatoms. The van der Waals surface area contributed by atoms with Crippen molar-refractivity contribution >= 4 is 24.1 Å². The summed E-state index contributed by atoms with van der Waals surface area (Å²) in [5.41, 5.74) is 6.48. The maximum absolute atomic E-state index is 12.3. The molecule has 0 fully saturated rings. The molecule has 1 rings (SSSR count). The lowest BCUT2D eigenvalue weighted by Crippen LogP contribution is -2.39. The number of benzene rings is 1. The molecule has 1 aromatic carbocycles. The number of nitrogens with two attached hydrogens (primary N) is 1. The third kappa shape index (κ3) is 9.47. The average Bonchev–Trinajstić information content (AvgIpc) is 2.62. The quantitative estimate of drug-likeness (QED) is 0.450. The second-order valence-electron chi connectivity index (χ2n) is 7.16. The first-order chi connectivity index (χ1) is 14.4. The highest BCUT2D eigenvalue weighted by Crippen LogP contribution is 2.29. The van der Waals surface area contributed by atoms with Crippen LogP contribution < -0.4 is 15.2 Å². The highest BCUT2D eigenvalue weighted by Gasteiger charge is 2.25. The Morgan fingerprint density at radius 3 is 1.94 bits per heavy atom. The van der Waals surface area contributed by atoms with Gasteiger partial charge in [0.15, 0.2) is 11.5 Å². The molecule has 0 aromatic heterocycles. The van der Waals surface area contributed by atoms with E-state index in [9.17, 15) is 19.2 Å². The molecule has 0 radical (unpaired) electrons. The summed E-state index contributed by atoms with van der Waals surface area (Å²) in [4.78, 5) is 46.4. The van der Waals surface area contributed by atoms with E-state index >= 15 is 0 Å².